The van der Waals surface area contributed by atoms with E-state index in [1.54, 1.807) is 0 Å². The van der Waals surface area contributed by atoms with Crippen molar-refractivity contribution in [2.24, 2.45) is 0 Å². The summed E-state index contributed by atoms with van der Waals surface area (Å²) in [5.41, 5.74) is -3.69. The number of amides is 1. The minimum atomic E-state index is -4.30. The molecule has 1 rings (SSSR count). The van der Waals surface area contributed by atoms with E-state index in [4.69, 9.17) is 5.11 Å². The average molecular weight is 291 g/mol. The Morgan fingerprint density at radius 3 is 2.47 bits per heavy atom. The molecule has 0 unspecified atom stereocenters. The summed E-state index contributed by atoms with van der Waals surface area (Å²) in [6.45, 7) is 0.00722. The molecular formula is C12H12F3NO2S. The number of nitrogens with one attached hydrogen (secondary N) is 1. The van der Waals surface area contributed by atoms with Crippen molar-refractivity contribution in [3.63, 3.8) is 0 Å². The average Bonchev–Trinajstić information content (AvgIpc) is 2.33. The summed E-state index contributed by atoms with van der Waals surface area (Å²) in [6.07, 6.45) is 2.73. The fraction of sp³-hybridized carbons (Fsp3) is 0.250. The van der Waals surface area contributed by atoms with Crippen LogP contribution in [-0.4, -0.2) is 29.7 Å². The predicted molar refractivity (Wildman–Crippen MR) is 67.5 cm³/mol. The van der Waals surface area contributed by atoms with Crippen LogP contribution in [0.15, 0.2) is 35.2 Å². The van der Waals surface area contributed by atoms with E-state index in [-0.39, 0.29) is 35.7 Å². The highest BCUT2D eigenvalue weighted by Gasteiger charge is 2.28. The molecule has 19 heavy (non-hydrogen) atoms. The Hall–Kier alpha value is -1.47. The molecule has 0 heterocycles. The van der Waals surface area contributed by atoms with E-state index in [0.29, 0.717) is 5.56 Å². The SMILES string of the molecule is O=C(/C=C/c1ccc(SC(F)(F)F)cc1)NCCO. The summed E-state index contributed by atoms with van der Waals surface area (Å²) >= 11 is -0.186. The number of thioether (sulfide) groups is 1. The number of carbonyl (C=O) groups excluding carboxylic acids is 1. The first kappa shape index (κ1) is 15.6. The number of carbonyl (C=O) groups is 1. The van der Waals surface area contributed by atoms with Crippen LogP contribution in [0.25, 0.3) is 6.08 Å². The summed E-state index contributed by atoms with van der Waals surface area (Å²) in [5.74, 6) is -0.372. The van der Waals surface area contributed by atoms with Crippen LogP contribution in [-0.2, 0) is 4.79 Å². The van der Waals surface area contributed by atoms with E-state index < -0.39 is 5.51 Å². The summed E-state index contributed by atoms with van der Waals surface area (Å²) in [4.78, 5) is 11.3. The van der Waals surface area contributed by atoms with Gasteiger partial charge in [0, 0.05) is 17.5 Å². The largest absolute Gasteiger partial charge is 0.446 e. The molecule has 0 saturated carbocycles. The van der Waals surface area contributed by atoms with E-state index in [0.717, 1.165) is 0 Å². The van der Waals surface area contributed by atoms with E-state index >= 15 is 0 Å². The van der Waals surface area contributed by atoms with Gasteiger partial charge < -0.3 is 10.4 Å². The fourth-order valence-corrected chi connectivity index (χ4v) is 1.73. The topological polar surface area (TPSA) is 49.3 Å². The molecule has 3 nitrogen and oxygen atoms in total. The Bertz CT molecular complexity index is 443. The lowest BCUT2D eigenvalue weighted by molar-refractivity contribution is -0.116. The lowest BCUT2D eigenvalue weighted by atomic mass is 10.2. The van der Waals surface area contributed by atoms with Gasteiger partial charge in [-0.2, -0.15) is 13.2 Å². The molecule has 0 atom stereocenters. The number of benzene rings is 1. The van der Waals surface area contributed by atoms with Gasteiger partial charge in [-0.05, 0) is 35.5 Å². The van der Waals surface area contributed by atoms with Crippen molar-refractivity contribution in [2.75, 3.05) is 13.2 Å². The second kappa shape index (κ2) is 7.20. The number of aliphatic hydroxyl groups is 1. The van der Waals surface area contributed by atoms with E-state index in [1.165, 1.54) is 36.4 Å². The molecule has 0 aliphatic rings. The number of aliphatic hydroxyl groups excluding tert-OH is 1. The zero-order valence-corrected chi connectivity index (χ0v) is 10.6. The van der Waals surface area contributed by atoms with Gasteiger partial charge in [0.25, 0.3) is 0 Å². The monoisotopic (exact) mass is 291 g/mol. The van der Waals surface area contributed by atoms with Gasteiger partial charge in [0.05, 0.1) is 6.61 Å². The highest BCUT2D eigenvalue weighted by atomic mass is 32.2. The molecule has 1 amide bonds. The van der Waals surface area contributed by atoms with E-state index in [9.17, 15) is 18.0 Å². The summed E-state index contributed by atoms with van der Waals surface area (Å²) in [5, 5.41) is 10.9. The van der Waals surface area contributed by atoms with Crippen LogP contribution in [0, 0.1) is 0 Å². The molecule has 1 aromatic rings. The number of hydrogen-bond acceptors (Lipinski definition) is 3. The van der Waals surface area contributed by atoms with Gasteiger partial charge in [0.2, 0.25) is 5.91 Å². The standard InChI is InChI=1S/C12H12F3NO2S/c13-12(14,15)19-10-4-1-9(2-5-10)3-6-11(18)16-7-8-17/h1-6,17H,7-8H2,(H,16,18)/b6-3+. The summed E-state index contributed by atoms with van der Waals surface area (Å²) in [6, 6.07) is 5.65. The highest BCUT2D eigenvalue weighted by Crippen LogP contribution is 2.36. The zero-order valence-electron chi connectivity index (χ0n) is 9.78. The second-order valence-corrected chi connectivity index (χ2v) is 4.60. The van der Waals surface area contributed by atoms with Gasteiger partial charge in [0.15, 0.2) is 0 Å². The third kappa shape index (κ3) is 6.88. The van der Waals surface area contributed by atoms with Crippen molar-refractivity contribution in [3.05, 3.63) is 35.9 Å². The summed E-state index contributed by atoms with van der Waals surface area (Å²) in [7, 11) is 0. The molecule has 0 aliphatic heterocycles. The molecule has 0 saturated heterocycles. The summed E-state index contributed by atoms with van der Waals surface area (Å²) < 4.78 is 36.3. The smallest absolute Gasteiger partial charge is 0.395 e. The van der Waals surface area contributed by atoms with Crippen molar-refractivity contribution in [1.29, 1.82) is 0 Å². The maximum atomic E-state index is 12.1. The van der Waals surface area contributed by atoms with E-state index in [1.807, 2.05) is 0 Å². The third-order valence-electron chi connectivity index (χ3n) is 1.95. The Morgan fingerprint density at radius 2 is 1.95 bits per heavy atom. The van der Waals surface area contributed by atoms with Crippen LogP contribution in [0.2, 0.25) is 0 Å². The van der Waals surface area contributed by atoms with Gasteiger partial charge in [-0.25, -0.2) is 0 Å². The number of alkyl halides is 3. The molecular weight excluding hydrogens is 279 g/mol. The Kier molecular flexibility index (Phi) is 5.91. The van der Waals surface area contributed by atoms with Crippen molar-refractivity contribution < 1.29 is 23.1 Å². The van der Waals surface area contributed by atoms with Crippen LogP contribution >= 0.6 is 11.8 Å². The quantitative estimate of drug-likeness (QED) is 0.647. The van der Waals surface area contributed by atoms with Gasteiger partial charge in [-0.3, -0.25) is 4.79 Å². The Balaban J connectivity index is 2.57. The van der Waals surface area contributed by atoms with E-state index in [2.05, 4.69) is 5.32 Å². The molecule has 2 N–H and O–H groups in total. The Morgan fingerprint density at radius 1 is 1.32 bits per heavy atom. The third-order valence-corrected chi connectivity index (χ3v) is 2.69. The van der Waals surface area contributed by atoms with Crippen molar-refractivity contribution in [2.45, 2.75) is 10.4 Å². The fourth-order valence-electron chi connectivity index (χ4n) is 1.19. The minimum absolute atomic E-state index is 0.0920. The molecule has 0 aliphatic carbocycles. The first-order valence-corrected chi connectivity index (χ1v) is 6.15. The van der Waals surface area contributed by atoms with Gasteiger partial charge in [-0.15, -0.1) is 0 Å². The molecule has 0 aromatic heterocycles. The maximum Gasteiger partial charge on any atom is 0.446 e. The van der Waals surface area contributed by atoms with Gasteiger partial charge in [-0.1, -0.05) is 12.1 Å². The molecule has 104 valence electrons. The lowest BCUT2D eigenvalue weighted by Gasteiger charge is -2.05. The van der Waals surface area contributed by atoms with Gasteiger partial charge in [0.1, 0.15) is 0 Å². The number of rotatable bonds is 5. The van der Waals surface area contributed by atoms with Crippen LogP contribution < -0.4 is 5.32 Å². The van der Waals surface area contributed by atoms with Crippen LogP contribution in [0.5, 0.6) is 0 Å². The molecule has 0 bridgehead atoms. The minimum Gasteiger partial charge on any atom is -0.395 e. The molecule has 0 radical (unpaired) electrons. The maximum absolute atomic E-state index is 12.1. The zero-order chi connectivity index (χ0) is 14.3. The van der Waals surface area contributed by atoms with Crippen LogP contribution in [0.1, 0.15) is 5.56 Å². The number of hydrogen-bond donors (Lipinski definition) is 2. The first-order valence-electron chi connectivity index (χ1n) is 5.33. The first-order chi connectivity index (χ1) is 8.90. The van der Waals surface area contributed by atoms with Crippen LogP contribution in [0.4, 0.5) is 13.2 Å². The number of halogens is 3. The Labute approximate surface area is 112 Å². The normalized spacial score (nSPS) is 11.8. The van der Waals surface area contributed by atoms with Gasteiger partial charge >= 0.3 is 5.51 Å². The predicted octanol–water partition coefficient (Wildman–Crippen LogP) is 2.42. The van der Waals surface area contributed by atoms with Crippen molar-refractivity contribution >= 4 is 23.7 Å². The molecule has 7 heteroatoms. The molecule has 1 aromatic carbocycles. The second-order valence-electron chi connectivity index (χ2n) is 3.46. The van der Waals surface area contributed by atoms with Crippen molar-refractivity contribution in [3.8, 4) is 0 Å². The molecule has 0 fully saturated rings. The van der Waals surface area contributed by atoms with Crippen LogP contribution in [0.3, 0.4) is 0 Å². The highest BCUT2D eigenvalue weighted by molar-refractivity contribution is 8.00. The molecule has 0 spiro atoms. The lowest BCUT2D eigenvalue weighted by Crippen LogP contribution is -2.24. The van der Waals surface area contributed by atoms with Crippen molar-refractivity contribution in [1.82, 2.24) is 5.32 Å².